The summed E-state index contributed by atoms with van der Waals surface area (Å²) in [6.45, 7) is 0. The predicted octanol–water partition coefficient (Wildman–Crippen LogP) is 3.17. The first-order chi connectivity index (χ1) is 13.4. The Morgan fingerprint density at radius 3 is 2.25 bits per heavy atom. The van der Waals surface area contributed by atoms with E-state index >= 15 is 0 Å². The quantitative estimate of drug-likeness (QED) is 0.337. The molecule has 0 spiro atoms. The number of ether oxygens (including phenoxy) is 3. The normalized spacial score (nSPS) is 10.6. The highest BCUT2D eigenvalue weighted by Crippen LogP contribution is 2.38. The largest absolute Gasteiger partial charge is 0.493 e. The molecule has 2 rings (SSSR count). The highest BCUT2D eigenvalue weighted by Gasteiger charge is 2.18. The topological polar surface area (TPSA) is 124 Å². The van der Waals surface area contributed by atoms with E-state index in [0.717, 1.165) is 0 Å². The summed E-state index contributed by atoms with van der Waals surface area (Å²) in [5.41, 5.74) is -0.0966. The minimum absolute atomic E-state index is 0.0106. The van der Waals surface area contributed by atoms with Crippen molar-refractivity contribution in [3.63, 3.8) is 0 Å². The highest BCUT2D eigenvalue weighted by molar-refractivity contribution is 6.10. The minimum atomic E-state index is -0.787. The van der Waals surface area contributed by atoms with Crippen LogP contribution in [0.5, 0.6) is 17.2 Å². The first-order valence-electron chi connectivity index (χ1n) is 7.91. The Hall–Kier alpha value is -4.06. The summed E-state index contributed by atoms with van der Waals surface area (Å²) in [7, 11) is 4.34. The Kier molecular flexibility index (Phi) is 6.54. The Bertz CT molecular complexity index is 953. The zero-order valence-electron chi connectivity index (χ0n) is 15.4. The lowest BCUT2D eigenvalue weighted by molar-refractivity contribution is -0.383. The summed E-state index contributed by atoms with van der Waals surface area (Å²) in [4.78, 5) is 22.9. The number of carbonyl (C=O) groups is 1. The smallest absolute Gasteiger partial charge is 0.292 e. The van der Waals surface area contributed by atoms with Crippen LogP contribution < -0.4 is 19.5 Å². The molecule has 1 N–H and O–H groups in total. The van der Waals surface area contributed by atoms with Gasteiger partial charge in [-0.25, -0.2) is 0 Å². The van der Waals surface area contributed by atoms with E-state index in [1.54, 1.807) is 18.2 Å². The second-order valence-corrected chi connectivity index (χ2v) is 5.36. The fourth-order valence-corrected chi connectivity index (χ4v) is 2.43. The third kappa shape index (κ3) is 4.37. The summed E-state index contributed by atoms with van der Waals surface area (Å²) in [5.74, 6) is 0.282. The van der Waals surface area contributed by atoms with Crippen molar-refractivity contribution in [3.05, 3.63) is 57.6 Å². The van der Waals surface area contributed by atoms with Crippen molar-refractivity contribution in [1.29, 1.82) is 5.26 Å². The van der Waals surface area contributed by atoms with Gasteiger partial charge >= 0.3 is 0 Å². The van der Waals surface area contributed by atoms with Gasteiger partial charge in [-0.3, -0.25) is 14.9 Å². The standard InChI is InChI=1S/C19H17N3O6/c1-26-16-9-12(10-17(27-2)18(16)28-3)8-13(11-20)19(23)21-14-6-4-5-7-15(14)22(24)25/h4-10H,1-3H3,(H,21,23). The first-order valence-corrected chi connectivity index (χ1v) is 7.91. The van der Waals surface area contributed by atoms with Crippen LogP contribution in [0.15, 0.2) is 42.0 Å². The predicted molar refractivity (Wildman–Crippen MR) is 101 cm³/mol. The van der Waals surface area contributed by atoms with Gasteiger partial charge in [0.25, 0.3) is 11.6 Å². The molecule has 0 aromatic heterocycles. The van der Waals surface area contributed by atoms with Gasteiger partial charge < -0.3 is 19.5 Å². The van der Waals surface area contributed by atoms with Crippen molar-refractivity contribution in [2.75, 3.05) is 26.6 Å². The van der Waals surface area contributed by atoms with Crippen LogP contribution in [0.25, 0.3) is 6.08 Å². The third-order valence-electron chi connectivity index (χ3n) is 3.71. The maximum Gasteiger partial charge on any atom is 0.292 e. The molecule has 9 heteroatoms. The SMILES string of the molecule is COc1cc(C=C(C#N)C(=O)Nc2ccccc2[N+](=O)[O-])cc(OC)c1OC. The van der Waals surface area contributed by atoms with E-state index < -0.39 is 10.8 Å². The number of rotatable bonds is 7. The van der Waals surface area contributed by atoms with Crippen molar-refractivity contribution in [3.8, 4) is 23.3 Å². The second-order valence-electron chi connectivity index (χ2n) is 5.36. The van der Waals surface area contributed by atoms with Gasteiger partial charge in [-0.1, -0.05) is 12.1 Å². The van der Waals surface area contributed by atoms with Crippen LogP contribution in [0.1, 0.15) is 5.56 Å². The molecule has 0 saturated heterocycles. The number of nitro groups is 1. The fourth-order valence-electron chi connectivity index (χ4n) is 2.43. The number of para-hydroxylation sites is 2. The molecule has 9 nitrogen and oxygen atoms in total. The molecule has 0 atom stereocenters. The summed E-state index contributed by atoms with van der Waals surface area (Å²) in [5, 5.41) is 22.8. The molecule has 0 aliphatic rings. The van der Waals surface area contributed by atoms with Crippen molar-refractivity contribution in [2.45, 2.75) is 0 Å². The summed E-state index contributed by atoms with van der Waals surface area (Å²) >= 11 is 0. The van der Waals surface area contributed by atoms with E-state index in [2.05, 4.69) is 5.32 Å². The molecule has 144 valence electrons. The number of anilines is 1. The van der Waals surface area contributed by atoms with Crippen LogP contribution in [0.4, 0.5) is 11.4 Å². The van der Waals surface area contributed by atoms with E-state index in [1.165, 1.54) is 51.7 Å². The molecule has 2 aromatic carbocycles. The lowest BCUT2D eigenvalue weighted by atomic mass is 10.1. The number of hydrogen-bond donors (Lipinski definition) is 1. The third-order valence-corrected chi connectivity index (χ3v) is 3.71. The molecule has 1 amide bonds. The van der Waals surface area contributed by atoms with Gasteiger partial charge in [0.1, 0.15) is 17.3 Å². The zero-order chi connectivity index (χ0) is 20.7. The molecule has 0 aliphatic carbocycles. The summed E-state index contributed by atoms with van der Waals surface area (Å²) < 4.78 is 15.7. The average Bonchev–Trinajstić information content (AvgIpc) is 2.71. The molecule has 0 heterocycles. The zero-order valence-corrected chi connectivity index (χ0v) is 15.4. The van der Waals surface area contributed by atoms with Crippen molar-refractivity contribution in [2.24, 2.45) is 0 Å². The van der Waals surface area contributed by atoms with Crippen LogP contribution in [-0.4, -0.2) is 32.2 Å². The number of methoxy groups -OCH3 is 3. The van der Waals surface area contributed by atoms with Gasteiger partial charge in [0.2, 0.25) is 5.75 Å². The van der Waals surface area contributed by atoms with Gasteiger partial charge in [-0.15, -0.1) is 0 Å². The number of hydrogen-bond acceptors (Lipinski definition) is 7. The van der Waals surface area contributed by atoms with Gasteiger partial charge in [0, 0.05) is 6.07 Å². The Morgan fingerprint density at radius 1 is 1.14 bits per heavy atom. The van der Waals surface area contributed by atoms with Crippen LogP contribution in [0.3, 0.4) is 0 Å². The second kappa shape index (κ2) is 9.05. The molecule has 0 saturated carbocycles. The van der Waals surface area contributed by atoms with Crippen LogP contribution in [0, 0.1) is 21.4 Å². The molecule has 2 aromatic rings. The lowest BCUT2D eigenvalue weighted by Crippen LogP contribution is -2.14. The summed E-state index contributed by atoms with van der Waals surface area (Å²) in [6.07, 6.45) is 1.31. The van der Waals surface area contributed by atoms with Gasteiger partial charge in [0.05, 0.1) is 26.3 Å². The molecule has 0 unspecified atom stereocenters. The average molecular weight is 383 g/mol. The van der Waals surface area contributed by atoms with E-state index in [0.29, 0.717) is 22.8 Å². The fraction of sp³-hybridized carbons (Fsp3) is 0.158. The molecule has 0 aliphatic heterocycles. The number of benzene rings is 2. The van der Waals surface area contributed by atoms with E-state index in [9.17, 15) is 20.2 Å². The Balaban J connectivity index is 2.40. The van der Waals surface area contributed by atoms with Crippen LogP contribution in [0.2, 0.25) is 0 Å². The minimum Gasteiger partial charge on any atom is -0.493 e. The van der Waals surface area contributed by atoms with Crippen LogP contribution >= 0.6 is 0 Å². The first kappa shape index (κ1) is 20.3. The monoisotopic (exact) mass is 383 g/mol. The van der Waals surface area contributed by atoms with Crippen molar-refractivity contribution < 1.29 is 23.9 Å². The molecule has 0 fully saturated rings. The van der Waals surface area contributed by atoms with Gasteiger partial charge in [0.15, 0.2) is 11.5 Å². The molecule has 0 bridgehead atoms. The van der Waals surface area contributed by atoms with E-state index in [1.807, 2.05) is 0 Å². The molecule has 0 radical (unpaired) electrons. The Morgan fingerprint density at radius 2 is 1.75 bits per heavy atom. The number of nitro benzene ring substituents is 1. The van der Waals surface area contributed by atoms with Crippen molar-refractivity contribution >= 4 is 23.4 Å². The highest BCUT2D eigenvalue weighted by atomic mass is 16.6. The van der Waals surface area contributed by atoms with Crippen molar-refractivity contribution in [1.82, 2.24) is 0 Å². The van der Waals surface area contributed by atoms with E-state index in [4.69, 9.17) is 14.2 Å². The number of nitrogens with one attached hydrogen (secondary N) is 1. The number of carbonyl (C=O) groups excluding carboxylic acids is 1. The lowest BCUT2D eigenvalue weighted by Gasteiger charge is -2.13. The molecular formula is C19H17N3O6. The van der Waals surface area contributed by atoms with Crippen LogP contribution in [-0.2, 0) is 4.79 Å². The number of nitriles is 1. The van der Waals surface area contributed by atoms with E-state index in [-0.39, 0.29) is 16.9 Å². The number of nitrogens with zero attached hydrogens (tertiary/aromatic N) is 2. The summed E-state index contributed by atoms with van der Waals surface area (Å²) in [6, 6.07) is 10.6. The maximum absolute atomic E-state index is 12.4. The molecule has 28 heavy (non-hydrogen) atoms. The maximum atomic E-state index is 12.4. The van der Waals surface area contributed by atoms with Gasteiger partial charge in [-0.05, 0) is 29.8 Å². The van der Waals surface area contributed by atoms with Gasteiger partial charge in [-0.2, -0.15) is 5.26 Å². The number of amides is 1. The Labute approximate surface area is 160 Å². The molecular weight excluding hydrogens is 366 g/mol.